The molecule has 0 aliphatic carbocycles. The first kappa shape index (κ1) is 12.5. The normalized spacial score (nSPS) is 10.4. The standard InChI is InChI=1S/C13H13ClN2O2/c1-7-4-12(17)8(2)3-10(7)16-13(18)11-5-9(14)6-15-11/h3-6,15,17H,1-2H3,(H,16,18). The van der Waals surface area contributed by atoms with Gasteiger partial charge in [-0.2, -0.15) is 0 Å². The summed E-state index contributed by atoms with van der Waals surface area (Å²) >= 11 is 5.74. The molecule has 1 aromatic carbocycles. The van der Waals surface area contributed by atoms with Crippen LogP contribution in [0.25, 0.3) is 0 Å². The van der Waals surface area contributed by atoms with Crippen LogP contribution in [0.5, 0.6) is 5.75 Å². The lowest BCUT2D eigenvalue weighted by Gasteiger charge is -2.09. The van der Waals surface area contributed by atoms with E-state index in [-0.39, 0.29) is 11.7 Å². The fourth-order valence-electron chi connectivity index (χ4n) is 1.62. The van der Waals surface area contributed by atoms with E-state index in [1.807, 2.05) is 6.92 Å². The lowest BCUT2D eigenvalue weighted by Crippen LogP contribution is -2.13. The van der Waals surface area contributed by atoms with Crippen molar-refractivity contribution in [3.05, 3.63) is 46.2 Å². The molecule has 1 aromatic heterocycles. The molecule has 0 saturated heterocycles. The molecule has 94 valence electrons. The smallest absolute Gasteiger partial charge is 0.272 e. The molecule has 1 heterocycles. The second-order valence-electron chi connectivity index (χ2n) is 4.14. The summed E-state index contributed by atoms with van der Waals surface area (Å²) in [6, 6.07) is 4.90. The van der Waals surface area contributed by atoms with Crippen LogP contribution in [-0.2, 0) is 0 Å². The van der Waals surface area contributed by atoms with E-state index in [1.165, 1.54) is 0 Å². The zero-order valence-electron chi connectivity index (χ0n) is 10.0. The maximum atomic E-state index is 11.9. The molecular weight excluding hydrogens is 252 g/mol. The Kier molecular flexibility index (Phi) is 3.30. The first-order valence-electron chi connectivity index (χ1n) is 5.43. The highest BCUT2D eigenvalue weighted by Crippen LogP contribution is 2.25. The van der Waals surface area contributed by atoms with Crippen molar-refractivity contribution < 1.29 is 9.90 Å². The van der Waals surface area contributed by atoms with Crippen molar-refractivity contribution >= 4 is 23.2 Å². The van der Waals surface area contributed by atoms with Crippen molar-refractivity contribution in [2.75, 3.05) is 5.32 Å². The molecule has 0 bridgehead atoms. The molecule has 0 radical (unpaired) electrons. The Morgan fingerprint density at radius 3 is 2.61 bits per heavy atom. The molecule has 2 aromatic rings. The molecule has 0 fully saturated rings. The number of aryl methyl sites for hydroxylation is 2. The lowest BCUT2D eigenvalue weighted by molar-refractivity contribution is 0.102. The number of phenolic OH excluding ortho intramolecular Hbond substituents is 1. The average molecular weight is 265 g/mol. The van der Waals surface area contributed by atoms with Crippen LogP contribution < -0.4 is 5.32 Å². The molecule has 3 N–H and O–H groups in total. The number of nitrogens with one attached hydrogen (secondary N) is 2. The van der Waals surface area contributed by atoms with Gasteiger partial charge in [0.15, 0.2) is 0 Å². The van der Waals surface area contributed by atoms with Gasteiger partial charge in [-0.05, 0) is 43.2 Å². The second kappa shape index (κ2) is 4.74. The van der Waals surface area contributed by atoms with Crippen molar-refractivity contribution in [2.45, 2.75) is 13.8 Å². The number of carbonyl (C=O) groups is 1. The van der Waals surface area contributed by atoms with Crippen molar-refractivity contribution in [3.63, 3.8) is 0 Å². The minimum atomic E-state index is -0.268. The maximum Gasteiger partial charge on any atom is 0.272 e. The number of amides is 1. The Morgan fingerprint density at radius 1 is 1.28 bits per heavy atom. The van der Waals surface area contributed by atoms with Crippen LogP contribution in [0.15, 0.2) is 24.4 Å². The van der Waals surface area contributed by atoms with Crippen LogP contribution in [0.4, 0.5) is 5.69 Å². The van der Waals surface area contributed by atoms with Crippen molar-refractivity contribution in [1.29, 1.82) is 0 Å². The van der Waals surface area contributed by atoms with Gasteiger partial charge < -0.3 is 15.4 Å². The summed E-state index contributed by atoms with van der Waals surface area (Å²) in [5.74, 6) is -0.0523. The van der Waals surface area contributed by atoms with E-state index in [4.69, 9.17) is 11.6 Å². The molecule has 0 saturated carbocycles. The number of halogens is 1. The highest BCUT2D eigenvalue weighted by atomic mass is 35.5. The molecule has 0 spiro atoms. The Morgan fingerprint density at radius 2 is 2.00 bits per heavy atom. The number of aromatic nitrogens is 1. The molecule has 0 aliphatic heterocycles. The Labute approximate surface area is 110 Å². The summed E-state index contributed by atoms with van der Waals surface area (Å²) < 4.78 is 0. The zero-order chi connectivity index (χ0) is 13.3. The third kappa shape index (κ3) is 2.49. The highest BCUT2D eigenvalue weighted by molar-refractivity contribution is 6.31. The van der Waals surface area contributed by atoms with E-state index in [1.54, 1.807) is 31.3 Å². The van der Waals surface area contributed by atoms with E-state index < -0.39 is 0 Å². The van der Waals surface area contributed by atoms with Crippen molar-refractivity contribution in [2.24, 2.45) is 0 Å². The van der Waals surface area contributed by atoms with E-state index >= 15 is 0 Å². The first-order valence-corrected chi connectivity index (χ1v) is 5.80. The van der Waals surface area contributed by atoms with E-state index in [0.717, 1.165) is 5.56 Å². The van der Waals surface area contributed by atoms with Gasteiger partial charge in [-0.3, -0.25) is 4.79 Å². The van der Waals surface area contributed by atoms with Gasteiger partial charge in [0, 0.05) is 11.9 Å². The van der Waals surface area contributed by atoms with Crippen molar-refractivity contribution in [1.82, 2.24) is 4.98 Å². The van der Waals surface area contributed by atoms with E-state index in [9.17, 15) is 9.90 Å². The van der Waals surface area contributed by atoms with Gasteiger partial charge in [0.25, 0.3) is 5.91 Å². The van der Waals surface area contributed by atoms with Crippen LogP contribution in [-0.4, -0.2) is 16.0 Å². The predicted molar refractivity (Wildman–Crippen MR) is 71.3 cm³/mol. The minimum Gasteiger partial charge on any atom is -0.508 e. The van der Waals surface area contributed by atoms with E-state index in [2.05, 4.69) is 10.3 Å². The number of hydrogen-bond donors (Lipinski definition) is 3. The van der Waals surface area contributed by atoms with Gasteiger partial charge in [-0.15, -0.1) is 0 Å². The third-order valence-electron chi connectivity index (χ3n) is 2.68. The van der Waals surface area contributed by atoms with Crippen LogP contribution >= 0.6 is 11.6 Å². The number of rotatable bonds is 2. The number of aromatic amines is 1. The molecule has 4 nitrogen and oxygen atoms in total. The number of H-pyrrole nitrogens is 1. The largest absolute Gasteiger partial charge is 0.508 e. The molecule has 2 rings (SSSR count). The number of carbonyl (C=O) groups excluding carboxylic acids is 1. The molecule has 0 unspecified atom stereocenters. The molecule has 0 aliphatic rings. The number of benzene rings is 1. The molecule has 1 amide bonds. The molecule has 0 atom stereocenters. The van der Waals surface area contributed by atoms with Gasteiger partial charge in [0.1, 0.15) is 11.4 Å². The fraction of sp³-hybridized carbons (Fsp3) is 0.154. The molecule has 18 heavy (non-hydrogen) atoms. The highest BCUT2D eigenvalue weighted by Gasteiger charge is 2.11. The fourth-order valence-corrected chi connectivity index (χ4v) is 1.79. The summed E-state index contributed by atoms with van der Waals surface area (Å²) in [5.41, 5.74) is 2.57. The molecular formula is C13H13ClN2O2. The number of anilines is 1. The monoisotopic (exact) mass is 264 g/mol. The van der Waals surface area contributed by atoms with Gasteiger partial charge in [0.05, 0.1) is 5.02 Å². The summed E-state index contributed by atoms with van der Waals surface area (Å²) in [4.78, 5) is 14.7. The number of phenols is 1. The summed E-state index contributed by atoms with van der Waals surface area (Å²) in [7, 11) is 0. The van der Waals surface area contributed by atoms with Crippen LogP contribution in [0.1, 0.15) is 21.6 Å². The first-order chi connectivity index (χ1) is 8.47. The lowest BCUT2D eigenvalue weighted by atomic mass is 10.1. The summed E-state index contributed by atoms with van der Waals surface area (Å²) in [5, 5.41) is 12.8. The van der Waals surface area contributed by atoms with Gasteiger partial charge in [-0.25, -0.2) is 0 Å². The van der Waals surface area contributed by atoms with Crippen LogP contribution in [0.3, 0.4) is 0 Å². The summed E-state index contributed by atoms with van der Waals surface area (Å²) in [6.45, 7) is 3.59. The number of hydrogen-bond acceptors (Lipinski definition) is 2. The Bertz CT molecular complexity index is 605. The van der Waals surface area contributed by atoms with Gasteiger partial charge in [-0.1, -0.05) is 11.6 Å². The quantitative estimate of drug-likeness (QED) is 0.729. The molecule has 5 heteroatoms. The second-order valence-corrected chi connectivity index (χ2v) is 4.58. The summed E-state index contributed by atoms with van der Waals surface area (Å²) in [6.07, 6.45) is 1.55. The maximum absolute atomic E-state index is 11.9. The third-order valence-corrected chi connectivity index (χ3v) is 2.90. The van der Waals surface area contributed by atoms with Crippen LogP contribution in [0.2, 0.25) is 5.02 Å². The Hall–Kier alpha value is -1.94. The minimum absolute atomic E-state index is 0.216. The predicted octanol–water partition coefficient (Wildman–Crippen LogP) is 3.24. The SMILES string of the molecule is Cc1cc(NC(=O)c2cc(Cl)c[nH]2)c(C)cc1O. The van der Waals surface area contributed by atoms with Crippen LogP contribution in [0, 0.1) is 13.8 Å². The van der Waals surface area contributed by atoms with Crippen molar-refractivity contribution in [3.8, 4) is 5.75 Å². The van der Waals surface area contributed by atoms with E-state index in [0.29, 0.717) is 22.0 Å². The number of aromatic hydroxyl groups is 1. The zero-order valence-corrected chi connectivity index (χ0v) is 10.8. The van der Waals surface area contributed by atoms with Gasteiger partial charge in [0.2, 0.25) is 0 Å². The Balaban J connectivity index is 2.24. The topological polar surface area (TPSA) is 65.1 Å². The van der Waals surface area contributed by atoms with Gasteiger partial charge >= 0.3 is 0 Å². The average Bonchev–Trinajstić information content (AvgIpc) is 2.73.